The molecule has 0 spiro atoms. The van der Waals surface area contributed by atoms with Crippen LogP contribution in [0.2, 0.25) is 0 Å². The maximum atomic E-state index is 5.99. The van der Waals surface area contributed by atoms with E-state index in [0.717, 1.165) is 33.7 Å². The van der Waals surface area contributed by atoms with Crippen LogP contribution >= 0.6 is 0 Å². The standard InChI is InChI=1S/C17H13BO2/c1-11-13-7-3-5-9-15(13)19-18-17(11)12(2)14-8-4-6-10-16(14)20-18/h3-10H,1H2,2H3. The fourth-order valence-electron chi connectivity index (χ4n) is 2.91. The molecule has 0 saturated carbocycles. The second-order valence-electron chi connectivity index (χ2n) is 5.08. The van der Waals surface area contributed by atoms with Crippen LogP contribution in [-0.2, 0) is 0 Å². The Balaban J connectivity index is 1.94. The summed E-state index contributed by atoms with van der Waals surface area (Å²) >= 11 is 0. The number of fused-ring (bicyclic) bond motifs is 3. The van der Waals surface area contributed by atoms with Crippen molar-refractivity contribution in [2.45, 2.75) is 6.92 Å². The van der Waals surface area contributed by atoms with Crippen LogP contribution in [0.1, 0.15) is 18.1 Å². The molecule has 0 aromatic heterocycles. The second-order valence-corrected chi connectivity index (χ2v) is 5.08. The smallest absolute Gasteiger partial charge is 0.521 e. The van der Waals surface area contributed by atoms with Crippen molar-refractivity contribution >= 4 is 18.3 Å². The first kappa shape index (κ1) is 11.4. The molecule has 2 heterocycles. The van der Waals surface area contributed by atoms with E-state index in [4.69, 9.17) is 9.31 Å². The fourth-order valence-corrected chi connectivity index (χ4v) is 2.91. The van der Waals surface area contributed by atoms with E-state index in [0.29, 0.717) is 0 Å². The van der Waals surface area contributed by atoms with Crippen LogP contribution < -0.4 is 9.31 Å². The van der Waals surface area contributed by atoms with E-state index in [2.05, 4.69) is 19.6 Å². The molecule has 2 aliphatic rings. The molecule has 0 radical (unpaired) electrons. The predicted octanol–water partition coefficient (Wildman–Crippen LogP) is 3.99. The summed E-state index contributed by atoms with van der Waals surface area (Å²) in [4.78, 5) is 0. The van der Waals surface area contributed by atoms with Crippen LogP contribution in [0.5, 0.6) is 11.5 Å². The van der Waals surface area contributed by atoms with E-state index in [1.165, 1.54) is 5.57 Å². The van der Waals surface area contributed by atoms with E-state index in [1.54, 1.807) is 0 Å². The lowest BCUT2D eigenvalue weighted by Gasteiger charge is -2.32. The quantitative estimate of drug-likeness (QED) is 0.667. The molecule has 0 aliphatic carbocycles. The van der Waals surface area contributed by atoms with Gasteiger partial charge >= 0.3 is 7.12 Å². The third-order valence-corrected chi connectivity index (χ3v) is 3.94. The van der Waals surface area contributed by atoms with Gasteiger partial charge in [0.2, 0.25) is 0 Å². The molecule has 0 amide bonds. The Labute approximate surface area is 118 Å². The highest BCUT2D eigenvalue weighted by molar-refractivity contribution is 6.62. The van der Waals surface area contributed by atoms with Gasteiger partial charge in [-0.3, -0.25) is 0 Å². The summed E-state index contributed by atoms with van der Waals surface area (Å²) in [6.07, 6.45) is 0. The number of hydrogen-bond acceptors (Lipinski definition) is 2. The minimum Gasteiger partial charge on any atom is -0.521 e. The summed E-state index contributed by atoms with van der Waals surface area (Å²) in [5.74, 6) is 1.70. The lowest BCUT2D eigenvalue weighted by Crippen LogP contribution is -2.39. The summed E-state index contributed by atoms with van der Waals surface area (Å²) in [7, 11) is -0.396. The summed E-state index contributed by atoms with van der Waals surface area (Å²) in [5, 5.41) is 0. The maximum Gasteiger partial charge on any atom is 0.633 e. The summed E-state index contributed by atoms with van der Waals surface area (Å²) in [6, 6.07) is 16.0. The molecular formula is C17H13BO2. The molecule has 4 rings (SSSR count). The van der Waals surface area contributed by atoms with E-state index in [1.807, 2.05) is 42.5 Å². The van der Waals surface area contributed by atoms with Gasteiger partial charge in [0, 0.05) is 16.6 Å². The van der Waals surface area contributed by atoms with Crippen molar-refractivity contribution in [1.82, 2.24) is 0 Å². The zero-order chi connectivity index (χ0) is 13.7. The Morgan fingerprint density at radius 1 is 0.850 bits per heavy atom. The molecule has 0 unspecified atom stereocenters. The molecule has 2 nitrogen and oxygen atoms in total. The highest BCUT2D eigenvalue weighted by atomic mass is 16.6. The first-order valence-corrected chi connectivity index (χ1v) is 6.68. The zero-order valence-corrected chi connectivity index (χ0v) is 11.2. The van der Waals surface area contributed by atoms with E-state index < -0.39 is 7.12 Å². The lowest BCUT2D eigenvalue weighted by molar-refractivity contribution is 0.427. The monoisotopic (exact) mass is 260 g/mol. The number of para-hydroxylation sites is 2. The highest BCUT2D eigenvalue weighted by Crippen LogP contribution is 2.44. The SMILES string of the molecule is C=C1C2=C(C)c3ccccc3OB2Oc2ccccc21. The minimum atomic E-state index is -0.396. The average Bonchev–Trinajstić information content (AvgIpc) is 2.47. The van der Waals surface area contributed by atoms with Crippen molar-refractivity contribution in [3.05, 3.63) is 71.7 Å². The second kappa shape index (κ2) is 4.04. The Kier molecular flexibility index (Phi) is 2.30. The van der Waals surface area contributed by atoms with Gasteiger partial charge in [-0.25, -0.2) is 0 Å². The molecule has 2 aromatic carbocycles. The summed E-state index contributed by atoms with van der Waals surface area (Å²) in [6.45, 7) is 6.35. The van der Waals surface area contributed by atoms with Crippen LogP contribution in [0.15, 0.2) is 60.6 Å². The lowest BCUT2D eigenvalue weighted by atomic mass is 9.65. The molecule has 0 N–H and O–H groups in total. The Bertz CT molecular complexity index is 761. The van der Waals surface area contributed by atoms with Crippen LogP contribution in [-0.4, -0.2) is 7.12 Å². The van der Waals surface area contributed by atoms with Gasteiger partial charge in [0.1, 0.15) is 11.5 Å². The predicted molar refractivity (Wildman–Crippen MR) is 81.5 cm³/mol. The highest BCUT2D eigenvalue weighted by Gasteiger charge is 2.41. The van der Waals surface area contributed by atoms with E-state index in [9.17, 15) is 0 Å². The van der Waals surface area contributed by atoms with Crippen molar-refractivity contribution in [1.29, 1.82) is 0 Å². The first-order chi connectivity index (χ1) is 9.75. The summed E-state index contributed by atoms with van der Waals surface area (Å²) < 4.78 is 12.0. The zero-order valence-electron chi connectivity index (χ0n) is 11.2. The minimum absolute atomic E-state index is 0.396. The molecule has 20 heavy (non-hydrogen) atoms. The number of allylic oxidation sites excluding steroid dienone is 3. The van der Waals surface area contributed by atoms with Gasteiger partial charge in [-0.05, 0) is 30.2 Å². The first-order valence-electron chi connectivity index (χ1n) is 6.68. The van der Waals surface area contributed by atoms with Crippen LogP contribution in [0, 0.1) is 0 Å². The van der Waals surface area contributed by atoms with Crippen molar-refractivity contribution in [2.75, 3.05) is 0 Å². The Hall–Kier alpha value is -2.42. The van der Waals surface area contributed by atoms with Crippen molar-refractivity contribution in [3.63, 3.8) is 0 Å². The van der Waals surface area contributed by atoms with Crippen LogP contribution in [0.4, 0.5) is 0 Å². The van der Waals surface area contributed by atoms with E-state index in [-0.39, 0.29) is 0 Å². The van der Waals surface area contributed by atoms with Gasteiger partial charge in [-0.15, -0.1) is 0 Å². The van der Waals surface area contributed by atoms with Crippen molar-refractivity contribution in [3.8, 4) is 11.5 Å². The van der Waals surface area contributed by atoms with Gasteiger partial charge in [0.05, 0.1) is 0 Å². The third-order valence-electron chi connectivity index (χ3n) is 3.94. The molecule has 2 aliphatic heterocycles. The Morgan fingerprint density at radius 2 is 1.40 bits per heavy atom. The van der Waals surface area contributed by atoms with Gasteiger partial charge in [-0.1, -0.05) is 43.0 Å². The van der Waals surface area contributed by atoms with E-state index >= 15 is 0 Å². The normalized spacial score (nSPS) is 15.8. The number of hydrogen-bond donors (Lipinski definition) is 0. The summed E-state index contributed by atoms with van der Waals surface area (Å²) in [5.41, 5.74) is 5.37. The van der Waals surface area contributed by atoms with Crippen LogP contribution in [0.3, 0.4) is 0 Å². The van der Waals surface area contributed by atoms with Gasteiger partial charge in [0.25, 0.3) is 0 Å². The molecule has 96 valence electrons. The van der Waals surface area contributed by atoms with Gasteiger partial charge < -0.3 is 9.31 Å². The average molecular weight is 260 g/mol. The van der Waals surface area contributed by atoms with Crippen LogP contribution in [0.25, 0.3) is 11.1 Å². The molecule has 0 bridgehead atoms. The topological polar surface area (TPSA) is 18.5 Å². The maximum absolute atomic E-state index is 5.99. The molecule has 0 saturated heterocycles. The molecule has 2 aromatic rings. The van der Waals surface area contributed by atoms with Crippen molar-refractivity contribution < 1.29 is 9.31 Å². The largest absolute Gasteiger partial charge is 0.633 e. The number of rotatable bonds is 0. The van der Waals surface area contributed by atoms with Gasteiger partial charge in [-0.2, -0.15) is 0 Å². The third kappa shape index (κ3) is 1.46. The molecule has 0 atom stereocenters. The molecule has 3 heteroatoms. The fraction of sp³-hybridized carbons (Fsp3) is 0.0588. The molecule has 0 fully saturated rings. The van der Waals surface area contributed by atoms with Gasteiger partial charge in [0.15, 0.2) is 0 Å². The van der Waals surface area contributed by atoms with Crippen molar-refractivity contribution in [2.24, 2.45) is 0 Å². The Morgan fingerprint density at radius 3 is 2.10 bits per heavy atom. The molecular weight excluding hydrogens is 247 g/mol. The number of benzene rings is 2.